The predicted octanol–water partition coefficient (Wildman–Crippen LogP) is 1.15. The van der Waals surface area contributed by atoms with Crippen LogP contribution in [0, 0.1) is 0 Å². The first kappa shape index (κ1) is 19.4. The SMILES string of the molecule is Nc1ccc(C(=O)Oc2cccc(C(=O)N[C@@H](CC(=O)O)C(=O)O)c2)cc1. The molecule has 2 rings (SSSR count). The Kier molecular flexibility index (Phi) is 6.10. The summed E-state index contributed by atoms with van der Waals surface area (Å²) < 4.78 is 5.18. The molecule has 1 atom stereocenters. The zero-order valence-electron chi connectivity index (χ0n) is 13.9. The average Bonchev–Trinajstić information content (AvgIpc) is 2.61. The number of nitrogens with two attached hydrogens (primary N) is 1. The molecule has 0 unspecified atom stereocenters. The van der Waals surface area contributed by atoms with Gasteiger partial charge in [0.2, 0.25) is 0 Å². The Morgan fingerprint density at radius 2 is 1.67 bits per heavy atom. The number of nitrogen functional groups attached to an aromatic ring is 1. The second kappa shape index (κ2) is 8.48. The maximum atomic E-state index is 12.2. The summed E-state index contributed by atoms with van der Waals surface area (Å²) in [6.07, 6.45) is -0.771. The molecule has 9 heteroatoms. The smallest absolute Gasteiger partial charge is 0.343 e. The lowest BCUT2D eigenvalue weighted by Crippen LogP contribution is -2.42. The summed E-state index contributed by atoms with van der Waals surface area (Å²) >= 11 is 0. The number of carbonyl (C=O) groups is 4. The molecular formula is C18H16N2O7. The second-order valence-electron chi connectivity index (χ2n) is 5.50. The van der Waals surface area contributed by atoms with Crippen molar-refractivity contribution in [3.63, 3.8) is 0 Å². The van der Waals surface area contributed by atoms with Crippen LogP contribution in [0.25, 0.3) is 0 Å². The maximum absolute atomic E-state index is 12.2. The summed E-state index contributed by atoms with van der Waals surface area (Å²) in [4.78, 5) is 46.0. The van der Waals surface area contributed by atoms with Gasteiger partial charge in [-0.1, -0.05) is 6.07 Å². The lowest BCUT2D eigenvalue weighted by molar-refractivity contribution is -0.145. The highest BCUT2D eigenvalue weighted by atomic mass is 16.5. The van der Waals surface area contributed by atoms with Crippen LogP contribution < -0.4 is 15.8 Å². The van der Waals surface area contributed by atoms with Crippen molar-refractivity contribution in [2.45, 2.75) is 12.5 Å². The van der Waals surface area contributed by atoms with Crippen molar-refractivity contribution in [1.82, 2.24) is 5.32 Å². The number of hydrogen-bond donors (Lipinski definition) is 4. The van der Waals surface area contributed by atoms with Gasteiger partial charge in [0.1, 0.15) is 11.8 Å². The van der Waals surface area contributed by atoms with Crippen LogP contribution in [0.1, 0.15) is 27.1 Å². The first-order valence-electron chi connectivity index (χ1n) is 7.69. The lowest BCUT2D eigenvalue weighted by atomic mass is 10.1. The van der Waals surface area contributed by atoms with Crippen molar-refractivity contribution in [3.8, 4) is 5.75 Å². The zero-order chi connectivity index (χ0) is 20.0. The zero-order valence-corrected chi connectivity index (χ0v) is 13.9. The van der Waals surface area contributed by atoms with E-state index in [0.29, 0.717) is 5.69 Å². The summed E-state index contributed by atoms with van der Waals surface area (Å²) in [6.45, 7) is 0. The van der Waals surface area contributed by atoms with E-state index in [0.717, 1.165) is 0 Å². The van der Waals surface area contributed by atoms with Gasteiger partial charge in [-0.2, -0.15) is 0 Å². The minimum Gasteiger partial charge on any atom is -0.481 e. The third-order valence-electron chi connectivity index (χ3n) is 3.44. The van der Waals surface area contributed by atoms with Gasteiger partial charge in [0.15, 0.2) is 0 Å². The number of ether oxygens (including phenoxy) is 1. The number of aliphatic carboxylic acids is 2. The molecule has 0 aliphatic rings. The number of benzene rings is 2. The number of rotatable bonds is 7. The normalized spacial score (nSPS) is 11.3. The molecule has 0 bridgehead atoms. The van der Waals surface area contributed by atoms with E-state index in [-0.39, 0.29) is 16.9 Å². The Labute approximate surface area is 153 Å². The van der Waals surface area contributed by atoms with Crippen molar-refractivity contribution >= 4 is 29.5 Å². The molecule has 0 aromatic heterocycles. The largest absolute Gasteiger partial charge is 0.481 e. The molecular weight excluding hydrogens is 356 g/mol. The van der Waals surface area contributed by atoms with Gasteiger partial charge < -0.3 is 26.0 Å². The van der Waals surface area contributed by atoms with Gasteiger partial charge in [0.05, 0.1) is 12.0 Å². The van der Waals surface area contributed by atoms with Crippen molar-refractivity contribution < 1.29 is 34.1 Å². The number of nitrogens with one attached hydrogen (secondary N) is 1. The quantitative estimate of drug-likeness (QED) is 0.320. The Morgan fingerprint density at radius 1 is 1.00 bits per heavy atom. The van der Waals surface area contributed by atoms with Gasteiger partial charge in [-0.25, -0.2) is 9.59 Å². The Balaban J connectivity index is 2.10. The van der Waals surface area contributed by atoms with E-state index in [1.165, 1.54) is 48.5 Å². The number of carboxylic acids is 2. The van der Waals surface area contributed by atoms with E-state index in [2.05, 4.69) is 5.32 Å². The Morgan fingerprint density at radius 3 is 2.26 bits per heavy atom. The molecule has 0 heterocycles. The van der Waals surface area contributed by atoms with E-state index in [4.69, 9.17) is 20.7 Å². The van der Waals surface area contributed by atoms with Gasteiger partial charge >= 0.3 is 17.9 Å². The second-order valence-corrected chi connectivity index (χ2v) is 5.50. The highest BCUT2D eigenvalue weighted by molar-refractivity contribution is 5.98. The summed E-state index contributed by atoms with van der Waals surface area (Å²) in [7, 11) is 0. The molecule has 2 aromatic carbocycles. The minimum atomic E-state index is -1.59. The fourth-order valence-corrected chi connectivity index (χ4v) is 2.10. The first-order valence-corrected chi connectivity index (χ1v) is 7.69. The molecule has 0 aliphatic heterocycles. The van der Waals surface area contributed by atoms with E-state index >= 15 is 0 Å². The fourth-order valence-electron chi connectivity index (χ4n) is 2.10. The van der Waals surface area contributed by atoms with Crippen molar-refractivity contribution in [1.29, 1.82) is 0 Å². The van der Waals surface area contributed by atoms with Crippen LogP contribution in [0.2, 0.25) is 0 Å². The number of amides is 1. The van der Waals surface area contributed by atoms with Crippen LogP contribution in [0.5, 0.6) is 5.75 Å². The maximum Gasteiger partial charge on any atom is 0.343 e. The summed E-state index contributed by atoms with van der Waals surface area (Å²) in [5, 5.41) is 19.8. The number of anilines is 1. The molecule has 0 saturated heterocycles. The molecule has 27 heavy (non-hydrogen) atoms. The topological polar surface area (TPSA) is 156 Å². The Bertz CT molecular complexity index is 878. The van der Waals surface area contributed by atoms with Crippen molar-refractivity contribution in [3.05, 3.63) is 59.7 Å². The van der Waals surface area contributed by atoms with Gasteiger partial charge in [0.25, 0.3) is 5.91 Å². The van der Waals surface area contributed by atoms with Gasteiger partial charge in [-0.15, -0.1) is 0 Å². The van der Waals surface area contributed by atoms with Crippen LogP contribution in [0.15, 0.2) is 48.5 Å². The highest BCUT2D eigenvalue weighted by Gasteiger charge is 2.23. The van der Waals surface area contributed by atoms with E-state index in [1.807, 2.05) is 0 Å². The van der Waals surface area contributed by atoms with Crippen LogP contribution >= 0.6 is 0 Å². The number of carboxylic acid groups (broad SMARTS) is 2. The lowest BCUT2D eigenvalue weighted by Gasteiger charge is -2.13. The third kappa shape index (κ3) is 5.56. The molecule has 0 fully saturated rings. The van der Waals surface area contributed by atoms with Gasteiger partial charge in [-0.3, -0.25) is 9.59 Å². The number of carbonyl (C=O) groups excluding carboxylic acids is 2. The van der Waals surface area contributed by atoms with E-state index in [9.17, 15) is 19.2 Å². The highest BCUT2D eigenvalue weighted by Crippen LogP contribution is 2.16. The fraction of sp³-hybridized carbons (Fsp3) is 0.111. The molecule has 0 saturated carbocycles. The monoisotopic (exact) mass is 372 g/mol. The Hall–Kier alpha value is -3.88. The molecule has 0 radical (unpaired) electrons. The predicted molar refractivity (Wildman–Crippen MR) is 93.4 cm³/mol. The molecule has 0 spiro atoms. The molecule has 5 N–H and O–H groups in total. The molecule has 140 valence electrons. The van der Waals surface area contributed by atoms with Crippen molar-refractivity contribution in [2.75, 3.05) is 5.73 Å². The molecule has 1 amide bonds. The molecule has 9 nitrogen and oxygen atoms in total. The van der Waals surface area contributed by atoms with E-state index in [1.54, 1.807) is 0 Å². The standard InChI is InChI=1S/C18H16N2O7/c19-12-6-4-10(5-7-12)18(26)27-13-3-1-2-11(8-13)16(23)20-14(17(24)25)9-15(21)22/h1-8,14H,9,19H2,(H,20,23)(H,21,22)(H,24,25)/t14-/m0/s1. The van der Waals surface area contributed by atoms with Gasteiger partial charge in [0, 0.05) is 11.3 Å². The summed E-state index contributed by atoms with van der Waals surface area (Å²) in [5.41, 5.74) is 6.30. The number of hydrogen-bond acceptors (Lipinski definition) is 6. The van der Waals surface area contributed by atoms with Crippen LogP contribution in [-0.2, 0) is 9.59 Å². The van der Waals surface area contributed by atoms with Gasteiger partial charge in [-0.05, 0) is 42.5 Å². The molecule has 0 aliphatic carbocycles. The first-order chi connectivity index (χ1) is 12.8. The summed E-state index contributed by atoms with van der Waals surface area (Å²) in [5.74, 6) is -4.25. The summed E-state index contributed by atoms with van der Waals surface area (Å²) in [6, 6.07) is 9.94. The van der Waals surface area contributed by atoms with Crippen LogP contribution in [0.3, 0.4) is 0 Å². The molecule has 2 aromatic rings. The minimum absolute atomic E-state index is 0.00856. The van der Waals surface area contributed by atoms with E-state index < -0.39 is 36.3 Å². The van der Waals surface area contributed by atoms with Crippen LogP contribution in [-0.4, -0.2) is 40.1 Å². The number of esters is 1. The van der Waals surface area contributed by atoms with Crippen molar-refractivity contribution in [2.24, 2.45) is 0 Å². The average molecular weight is 372 g/mol. The third-order valence-corrected chi connectivity index (χ3v) is 3.44. The van der Waals surface area contributed by atoms with Crippen LogP contribution in [0.4, 0.5) is 5.69 Å².